The lowest BCUT2D eigenvalue weighted by molar-refractivity contribution is 0.722. The molecule has 1 fully saturated rings. The highest BCUT2D eigenvalue weighted by atomic mass is 15.1. The van der Waals surface area contributed by atoms with Gasteiger partial charge in [-0.1, -0.05) is 30.3 Å². The minimum atomic E-state index is 0.844. The Balaban J connectivity index is 1.79. The summed E-state index contributed by atoms with van der Waals surface area (Å²) in [6.45, 7) is 2.09. The van der Waals surface area contributed by atoms with Gasteiger partial charge in [-0.25, -0.2) is 0 Å². The normalized spacial score (nSPS) is 14.3. The van der Waals surface area contributed by atoms with Crippen LogP contribution in [-0.4, -0.2) is 6.54 Å². The van der Waals surface area contributed by atoms with Gasteiger partial charge in [-0.3, -0.25) is 0 Å². The van der Waals surface area contributed by atoms with Crippen LogP contribution in [0.2, 0.25) is 0 Å². The third-order valence-electron chi connectivity index (χ3n) is 3.62. The van der Waals surface area contributed by atoms with E-state index in [1.165, 1.54) is 24.1 Å². The third kappa shape index (κ3) is 3.28. The molecule has 0 saturated heterocycles. The van der Waals surface area contributed by atoms with Gasteiger partial charge in [0.05, 0.1) is 0 Å². The van der Waals surface area contributed by atoms with Gasteiger partial charge in [0.15, 0.2) is 0 Å². The summed E-state index contributed by atoms with van der Waals surface area (Å²) in [5, 5.41) is 0. The maximum Gasteiger partial charge on any atom is 0.0430 e. The Morgan fingerprint density at radius 3 is 2.47 bits per heavy atom. The molecule has 0 bridgehead atoms. The SMILES string of the molecule is Nc1cccc(CN(CC2CC2)c2ccccc2)c1. The Morgan fingerprint density at radius 2 is 1.79 bits per heavy atom. The van der Waals surface area contributed by atoms with Gasteiger partial charge in [-0.15, -0.1) is 0 Å². The molecule has 0 atom stereocenters. The average molecular weight is 252 g/mol. The first-order valence-corrected chi connectivity index (χ1v) is 6.96. The highest BCUT2D eigenvalue weighted by molar-refractivity contribution is 5.48. The van der Waals surface area contributed by atoms with Gasteiger partial charge in [0.25, 0.3) is 0 Å². The van der Waals surface area contributed by atoms with E-state index in [1.54, 1.807) is 0 Å². The molecule has 0 spiro atoms. The number of rotatable bonds is 5. The fraction of sp³-hybridized carbons (Fsp3) is 0.294. The van der Waals surface area contributed by atoms with Gasteiger partial charge in [-0.2, -0.15) is 0 Å². The monoisotopic (exact) mass is 252 g/mol. The van der Waals surface area contributed by atoms with E-state index in [0.29, 0.717) is 0 Å². The van der Waals surface area contributed by atoms with Crippen molar-refractivity contribution >= 4 is 11.4 Å². The van der Waals surface area contributed by atoms with Crippen molar-refractivity contribution in [3.63, 3.8) is 0 Å². The highest BCUT2D eigenvalue weighted by Gasteiger charge is 2.24. The molecule has 0 amide bonds. The molecule has 2 aromatic carbocycles. The fourth-order valence-electron chi connectivity index (χ4n) is 2.42. The van der Waals surface area contributed by atoms with Gasteiger partial charge >= 0.3 is 0 Å². The van der Waals surface area contributed by atoms with Crippen LogP contribution in [0.25, 0.3) is 0 Å². The Hall–Kier alpha value is -1.96. The molecule has 19 heavy (non-hydrogen) atoms. The Morgan fingerprint density at radius 1 is 1.00 bits per heavy atom. The third-order valence-corrected chi connectivity index (χ3v) is 3.62. The topological polar surface area (TPSA) is 29.3 Å². The van der Waals surface area contributed by atoms with E-state index in [9.17, 15) is 0 Å². The smallest absolute Gasteiger partial charge is 0.0430 e. The van der Waals surface area contributed by atoms with E-state index in [0.717, 1.165) is 24.7 Å². The molecule has 1 aliphatic carbocycles. The van der Waals surface area contributed by atoms with Crippen LogP contribution in [0.15, 0.2) is 54.6 Å². The largest absolute Gasteiger partial charge is 0.399 e. The minimum Gasteiger partial charge on any atom is -0.399 e. The van der Waals surface area contributed by atoms with Crippen LogP contribution in [0.1, 0.15) is 18.4 Å². The van der Waals surface area contributed by atoms with E-state index in [1.807, 2.05) is 12.1 Å². The maximum absolute atomic E-state index is 5.87. The zero-order valence-corrected chi connectivity index (χ0v) is 11.1. The van der Waals surface area contributed by atoms with Crippen molar-refractivity contribution in [2.24, 2.45) is 5.92 Å². The zero-order valence-electron chi connectivity index (χ0n) is 11.1. The van der Waals surface area contributed by atoms with Gasteiger partial charge in [0.2, 0.25) is 0 Å². The number of para-hydroxylation sites is 1. The molecule has 2 aromatic rings. The molecular weight excluding hydrogens is 232 g/mol. The molecule has 2 N–H and O–H groups in total. The van der Waals surface area contributed by atoms with Gasteiger partial charge in [-0.05, 0) is 48.6 Å². The molecule has 2 heteroatoms. The Kier molecular flexibility index (Phi) is 3.41. The van der Waals surface area contributed by atoms with E-state index >= 15 is 0 Å². The number of benzene rings is 2. The lowest BCUT2D eigenvalue weighted by Crippen LogP contribution is -2.25. The second-order valence-electron chi connectivity index (χ2n) is 5.40. The van der Waals surface area contributed by atoms with Crippen molar-refractivity contribution in [1.29, 1.82) is 0 Å². The van der Waals surface area contributed by atoms with Crippen molar-refractivity contribution in [3.8, 4) is 0 Å². The van der Waals surface area contributed by atoms with Crippen molar-refractivity contribution in [1.82, 2.24) is 0 Å². The lowest BCUT2D eigenvalue weighted by Gasteiger charge is -2.25. The van der Waals surface area contributed by atoms with Gasteiger partial charge in [0.1, 0.15) is 0 Å². The van der Waals surface area contributed by atoms with Crippen LogP contribution in [-0.2, 0) is 6.54 Å². The fourth-order valence-corrected chi connectivity index (χ4v) is 2.42. The zero-order chi connectivity index (χ0) is 13.1. The number of nitrogens with two attached hydrogens (primary N) is 1. The first kappa shape index (κ1) is 12.1. The lowest BCUT2D eigenvalue weighted by atomic mass is 10.1. The summed E-state index contributed by atoms with van der Waals surface area (Å²) in [7, 11) is 0. The number of hydrogen-bond donors (Lipinski definition) is 1. The molecule has 2 nitrogen and oxygen atoms in total. The van der Waals surface area contributed by atoms with Crippen molar-refractivity contribution in [2.45, 2.75) is 19.4 Å². The Bertz CT molecular complexity index is 532. The van der Waals surface area contributed by atoms with Crippen LogP contribution in [0.5, 0.6) is 0 Å². The van der Waals surface area contributed by atoms with Crippen LogP contribution in [0.4, 0.5) is 11.4 Å². The van der Waals surface area contributed by atoms with Crippen LogP contribution < -0.4 is 10.6 Å². The number of nitrogens with zero attached hydrogens (tertiary/aromatic N) is 1. The van der Waals surface area contributed by atoms with Gasteiger partial charge < -0.3 is 10.6 Å². The van der Waals surface area contributed by atoms with Crippen LogP contribution >= 0.6 is 0 Å². The molecule has 3 rings (SSSR count). The average Bonchev–Trinajstić information content (AvgIpc) is 3.23. The van der Waals surface area contributed by atoms with E-state index in [4.69, 9.17) is 5.73 Å². The molecule has 1 saturated carbocycles. The summed E-state index contributed by atoms with van der Waals surface area (Å²) in [5.41, 5.74) is 9.30. The number of anilines is 2. The summed E-state index contributed by atoms with van der Waals surface area (Å²) in [6.07, 6.45) is 2.75. The predicted octanol–water partition coefficient (Wildman–Crippen LogP) is 3.69. The van der Waals surface area contributed by atoms with Gasteiger partial charge in [0, 0.05) is 24.5 Å². The molecule has 1 aliphatic rings. The van der Waals surface area contributed by atoms with E-state index in [-0.39, 0.29) is 0 Å². The summed E-state index contributed by atoms with van der Waals surface area (Å²) < 4.78 is 0. The predicted molar refractivity (Wildman–Crippen MR) is 81.1 cm³/mol. The molecule has 0 heterocycles. The second kappa shape index (κ2) is 5.35. The number of nitrogen functional groups attached to an aromatic ring is 1. The second-order valence-corrected chi connectivity index (χ2v) is 5.40. The maximum atomic E-state index is 5.87. The first-order chi connectivity index (χ1) is 9.31. The molecule has 98 valence electrons. The molecule has 0 unspecified atom stereocenters. The van der Waals surface area contributed by atoms with E-state index < -0.39 is 0 Å². The standard InChI is InChI=1S/C17H20N2/c18-16-6-4-5-15(11-16)13-19(12-14-9-10-14)17-7-2-1-3-8-17/h1-8,11,14H,9-10,12-13,18H2. The van der Waals surface area contributed by atoms with Crippen molar-refractivity contribution < 1.29 is 0 Å². The highest BCUT2D eigenvalue weighted by Crippen LogP contribution is 2.32. The van der Waals surface area contributed by atoms with Crippen molar-refractivity contribution in [3.05, 3.63) is 60.2 Å². The molecule has 0 radical (unpaired) electrons. The summed E-state index contributed by atoms with van der Waals surface area (Å²) in [4.78, 5) is 2.46. The summed E-state index contributed by atoms with van der Waals surface area (Å²) in [6, 6.07) is 18.9. The minimum absolute atomic E-state index is 0.844. The number of hydrogen-bond acceptors (Lipinski definition) is 2. The van der Waals surface area contributed by atoms with Crippen LogP contribution in [0, 0.1) is 5.92 Å². The Labute approximate surface area is 114 Å². The van der Waals surface area contributed by atoms with Crippen LogP contribution in [0.3, 0.4) is 0 Å². The molecular formula is C17H20N2. The quantitative estimate of drug-likeness (QED) is 0.822. The molecule has 0 aromatic heterocycles. The summed E-state index contributed by atoms with van der Waals surface area (Å²) in [5.74, 6) is 0.876. The molecule has 0 aliphatic heterocycles. The first-order valence-electron chi connectivity index (χ1n) is 6.96. The van der Waals surface area contributed by atoms with E-state index in [2.05, 4.69) is 47.4 Å². The van der Waals surface area contributed by atoms with Crippen molar-refractivity contribution in [2.75, 3.05) is 17.2 Å². The summed E-state index contributed by atoms with van der Waals surface area (Å²) >= 11 is 0.